The molecule has 14 heavy (non-hydrogen) atoms. The zero-order valence-corrected chi connectivity index (χ0v) is 9.03. The summed E-state index contributed by atoms with van der Waals surface area (Å²) in [6, 6.07) is 0. The van der Waals surface area contributed by atoms with E-state index in [1.54, 1.807) is 0 Å². The molecular weight excluding hydrogens is 174 g/mol. The highest BCUT2D eigenvalue weighted by Crippen LogP contribution is 2.12. The van der Waals surface area contributed by atoms with E-state index in [4.69, 9.17) is 0 Å². The molecule has 1 rings (SSSR count). The van der Waals surface area contributed by atoms with Crippen molar-refractivity contribution in [2.75, 3.05) is 20.6 Å². The van der Waals surface area contributed by atoms with E-state index in [2.05, 4.69) is 28.6 Å². The third-order valence-corrected chi connectivity index (χ3v) is 2.13. The van der Waals surface area contributed by atoms with Crippen LogP contribution in [0, 0.1) is 0 Å². The fraction of sp³-hybridized carbons (Fsp3) is 0.545. The Hall–Kier alpha value is -1.09. The highest BCUT2D eigenvalue weighted by atomic mass is 15.4. The van der Waals surface area contributed by atoms with Crippen molar-refractivity contribution in [2.45, 2.75) is 19.3 Å². The van der Waals surface area contributed by atoms with Gasteiger partial charge in [-0.25, -0.2) is 0 Å². The third kappa shape index (κ3) is 3.75. The lowest BCUT2D eigenvalue weighted by atomic mass is 10.1. The predicted octanol–water partition coefficient (Wildman–Crippen LogP) is 1.75. The number of hydrazone groups is 1. The van der Waals surface area contributed by atoms with Crippen molar-refractivity contribution in [3.8, 4) is 0 Å². The molecule has 0 aromatic carbocycles. The van der Waals surface area contributed by atoms with E-state index in [9.17, 15) is 0 Å². The van der Waals surface area contributed by atoms with Crippen molar-refractivity contribution >= 4 is 6.21 Å². The lowest BCUT2D eigenvalue weighted by Gasteiger charge is -2.16. The van der Waals surface area contributed by atoms with E-state index < -0.39 is 0 Å². The molecule has 0 bridgehead atoms. The minimum atomic E-state index is 0.970. The first-order valence-electron chi connectivity index (χ1n) is 5.12. The van der Waals surface area contributed by atoms with Crippen LogP contribution in [-0.4, -0.2) is 31.9 Å². The van der Waals surface area contributed by atoms with E-state index in [0.29, 0.717) is 0 Å². The second kappa shape index (κ2) is 6.38. The average Bonchev–Trinajstić information content (AvgIpc) is 2.25. The van der Waals surface area contributed by atoms with Gasteiger partial charge in [0, 0.05) is 13.3 Å². The number of rotatable bonds is 5. The van der Waals surface area contributed by atoms with E-state index in [1.807, 2.05) is 25.3 Å². The van der Waals surface area contributed by atoms with Crippen molar-refractivity contribution in [3.05, 3.63) is 23.9 Å². The molecule has 0 amide bonds. The largest absolute Gasteiger partial charge is 0.319 e. The summed E-state index contributed by atoms with van der Waals surface area (Å²) < 4.78 is 0. The van der Waals surface area contributed by atoms with Gasteiger partial charge in [0.05, 0.1) is 5.70 Å². The molecule has 0 radical (unpaired) electrons. The third-order valence-electron chi connectivity index (χ3n) is 2.13. The van der Waals surface area contributed by atoms with Gasteiger partial charge in [0.15, 0.2) is 0 Å². The smallest absolute Gasteiger partial charge is 0.0547 e. The maximum absolute atomic E-state index is 4.33. The zero-order valence-electron chi connectivity index (χ0n) is 9.03. The van der Waals surface area contributed by atoms with Gasteiger partial charge in [0.1, 0.15) is 0 Å². The Morgan fingerprint density at radius 3 is 3.07 bits per heavy atom. The van der Waals surface area contributed by atoms with E-state index in [-0.39, 0.29) is 0 Å². The van der Waals surface area contributed by atoms with Crippen LogP contribution >= 0.6 is 0 Å². The molecule has 0 aliphatic heterocycles. The van der Waals surface area contributed by atoms with Crippen LogP contribution in [0.15, 0.2) is 29.0 Å². The molecule has 0 unspecified atom stereocenters. The van der Waals surface area contributed by atoms with Crippen LogP contribution in [0.25, 0.3) is 0 Å². The van der Waals surface area contributed by atoms with Crippen LogP contribution < -0.4 is 5.32 Å². The Kier molecular flexibility index (Phi) is 5.00. The van der Waals surface area contributed by atoms with E-state index in [1.165, 1.54) is 5.70 Å². The Labute approximate surface area is 86.2 Å². The maximum atomic E-state index is 4.33. The Morgan fingerprint density at radius 2 is 2.43 bits per heavy atom. The SMILES string of the molecule is CNCC/C=N\N(C)C1=CCCC=C1. The van der Waals surface area contributed by atoms with E-state index >= 15 is 0 Å². The molecule has 1 aliphatic carbocycles. The molecule has 78 valence electrons. The average molecular weight is 193 g/mol. The number of nitrogens with zero attached hydrogens (tertiary/aromatic N) is 2. The molecule has 3 nitrogen and oxygen atoms in total. The van der Waals surface area contributed by atoms with Gasteiger partial charge in [0.2, 0.25) is 0 Å². The van der Waals surface area contributed by atoms with E-state index in [0.717, 1.165) is 25.8 Å². The molecule has 3 heteroatoms. The topological polar surface area (TPSA) is 27.6 Å². The van der Waals surface area contributed by atoms with Crippen LogP contribution in [-0.2, 0) is 0 Å². The highest BCUT2D eigenvalue weighted by molar-refractivity contribution is 5.57. The fourth-order valence-electron chi connectivity index (χ4n) is 1.30. The highest BCUT2D eigenvalue weighted by Gasteiger charge is 2.00. The Bertz CT molecular complexity index is 241. The first-order chi connectivity index (χ1) is 6.84. The van der Waals surface area contributed by atoms with Gasteiger partial charge >= 0.3 is 0 Å². The zero-order chi connectivity index (χ0) is 10.2. The quantitative estimate of drug-likeness (QED) is 0.409. The summed E-state index contributed by atoms with van der Waals surface area (Å²) in [4.78, 5) is 0. The Morgan fingerprint density at radius 1 is 1.57 bits per heavy atom. The summed E-state index contributed by atoms with van der Waals surface area (Å²) in [7, 11) is 3.93. The molecule has 1 N–H and O–H groups in total. The fourth-order valence-corrected chi connectivity index (χ4v) is 1.30. The predicted molar refractivity (Wildman–Crippen MR) is 61.3 cm³/mol. The van der Waals surface area contributed by atoms with Crippen LogP contribution in [0.2, 0.25) is 0 Å². The molecule has 1 aliphatic rings. The molecule has 0 saturated heterocycles. The first kappa shape index (κ1) is 11.0. The van der Waals surface area contributed by atoms with Gasteiger partial charge in [-0.15, -0.1) is 0 Å². The lowest BCUT2D eigenvalue weighted by molar-refractivity contribution is 0.457. The van der Waals surface area contributed by atoms with Gasteiger partial charge in [-0.05, 0) is 38.9 Å². The van der Waals surface area contributed by atoms with Crippen molar-refractivity contribution in [1.29, 1.82) is 0 Å². The maximum Gasteiger partial charge on any atom is 0.0547 e. The van der Waals surface area contributed by atoms with Crippen LogP contribution in [0.1, 0.15) is 19.3 Å². The van der Waals surface area contributed by atoms with Crippen molar-refractivity contribution < 1.29 is 0 Å². The molecule has 0 heterocycles. The number of hydrogen-bond donors (Lipinski definition) is 1. The number of hydrogen-bond acceptors (Lipinski definition) is 3. The number of likely N-dealkylation sites (N-methyl/N-ethyl adjacent to an activating group) is 1. The molecule has 0 spiro atoms. The molecule has 0 saturated carbocycles. The summed E-state index contributed by atoms with van der Waals surface area (Å²) in [6.45, 7) is 0.978. The second-order valence-corrected chi connectivity index (χ2v) is 3.32. The summed E-state index contributed by atoms with van der Waals surface area (Å²) in [5.41, 5.74) is 1.19. The number of nitrogens with one attached hydrogen (secondary N) is 1. The van der Waals surface area contributed by atoms with Crippen molar-refractivity contribution in [3.63, 3.8) is 0 Å². The van der Waals surface area contributed by atoms with Crippen LogP contribution in [0.4, 0.5) is 0 Å². The lowest BCUT2D eigenvalue weighted by Crippen LogP contribution is -2.12. The van der Waals surface area contributed by atoms with Crippen LogP contribution in [0.5, 0.6) is 0 Å². The minimum Gasteiger partial charge on any atom is -0.319 e. The molecular formula is C11H19N3. The Balaban J connectivity index is 2.33. The first-order valence-corrected chi connectivity index (χ1v) is 5.12. The molecule has 0 atom stereocenters. The number of allylic oxidation sites excluding steroid dienone is 3. The molecule has 0 fully saturated rings. The second-order valence-electron chi connectivity index (χ2n) is 3.32. The van der Waals surface area contributed by atoms with Gasteiger partial charge in [-0.1, -0.05) is 12.2 Å². The monoisotopic (exact) mass is 193 g/mol. The van der Waals surface area contributed by atoms with Gasteiger partial charge in [-0.2, -0.15) is 5.10 Å². The van der Waals surface area contributed by atoms with Gasteiger partial charge < -0.3 is 5.32 Å². The summed E-state index contributed by atoms with van der Waals surface area (Å²) in [5, 5.41) is 9.34. The molecule has 0 aromatic heterocycles. The van der Waals surface area contributed by atoms with Crippen LogP contribution in [0.3, 0.4) is 0 Å². The molecule has 0 aromatic rings. The minimum absolute atomic E-state index is 0.970. The van der Waals surface area contributed by atoms with Gasteiger partial charge in [0.25, 0.3) is 0 Å². The normalized spacial score (nSPS) is 16.0. The summed E-state index contributed by atoms with van der Waals surface area (Å²) in [5.74, 6) is 0. The van der Waals surface area contributed by atoms with Crippen molar-refractivity contribution in [2.24, 2.45) is 5.10 Å². The summed E-state index contributed by atoms with van der Waals surface area (Å²) in [6.07, 6.45) is 11.7. The van der Waals surface area contributed by atoms with Crippen molar-refractivity contribution in [1.82, 2.24) is 10.3 Å². The summed E-state index contributed by atoms with van der Waals surface area (Å²) >= 11 is 0. The standard InChI is InChI=1S/C11H19N3/c1-12-9-6-10-13-14(2)11-7-4-3-5-8-11/h4,7-8,10,12H,3,5-6,9H2,1-2H3/b13-10-. The van der Waals surface area contributed by atoms with Gasteiger partial charge in [-0.3, -0.25) is 5.01 Å².